The van der Waals surface area contributed by atoms with Crippen molar-refractivity contribution < 1.29 is 4.42 Å². The lowest BCUT2D eigenvalue weighted by atomic mass is 9.75. The van der Waals surface area contributed by atoms with Crippen LogP contribution >= 0.6 is 0 Å². The first kappa shape index (κ1) is 13.9. The fourth-order valence-corrected chi connectivity index (χ4v) is 2.61. The molecule has 0 saturated heterocycles. The molecular formula is C17H22O2. The molecule has 0 spiro atoms. The number of rotatable bonds is 0. The van der Waals surface area contributed by atoms with E-state index in [1.165, 1.54) is 0 Å². The van der Waals surface area contributed by atoms with Crippen LogP contribution < -0.4 is 5.63 Å². The van der Waals surface area contributed by atoms with E-state index >= 15 is 0 Å². The van der Waals surface area contributed by atoms with Crippen molar-refractivity contribution in [2.24, 2.45) is 0 Å². The maximum Gasteiger partial charge on any atom is 0.340 e. The van der Waals surface area contributed by atoms with Gasteiger partial charge in [0.25, 0.3) is 0 Å². The average Bonchev–Trinajstić information content (AvgIpc) is 2.24. The van der Waals surface area contributed by atoms with Gasteiger partial charge in [-0.05, 0) is 22.5 Å². The second-order valence-electron chi connectivity index (χ2n) is 7.14. The molecule has 2 heteroatoms. The topological polar surface area (TPSA) is 30.2 Å². The van der Waals surface area contributed by atoms with Gasteiger partial charge in [-0.15, -0.1) is 0 Å². The van der Waals surface area contributed by atoms with Gasteiger partial charge in [0.1, 0.15) is 5.58 Å². The van der Waals surface area contributed by atoms with E-state index in [2.05, 4.69) is 41.5 Å². The highest BCUT2D eigenvalue weighted by Crippen LogP contribution is 2.36. The molecule has 102 valence electrons. The van der Waals surface area contributed by atoms with Crippen LogP contribution in [-0.2, 0) is 10.8 Å². The summed E-state index contributed by atoms with van der Waals surface area (Å²) in [5.41, 5.74) is 2.03. The molecule has 1 aromatic heterocycles. The summed E-state index contributed by atoms with van der Waals surface area (Å²) in [5, 5.41) is 1.04. The summed E-state index contributed by atoms with van der Waals surface area (Å²) in [6.07, 6.45) is 0. The molecule has 1 heterocycles. The Labute approximate surface area is 114 Å². The van der Waals surface area contributed by atoms with E-state index in [1.54, 1.807) is 0 Å². The van der Waals surface area contributed by atoms with Gasteiger partial charge in [-0.3, -0.25) is 0 Å². The molecule has 0 unspecified atom stereocenters. The minimum atomic E-state index is -0.229. The van der Waals surface area contributed by atoms with Crippen LogP contribution in [0.3, 0.4) is 0 Å². The van der Waals surface area contributed by atoms with Crippen molar-refractivity contribution in [3.8, 4) is 0 Å². The number of para-hydroxylation sites is 1. The third kappa shape index (κ3) is 2.44. The molecule has 0 saturated carbocycles. The second-order valence-corrected chi connectivity index (χ2v) is 7.14. The molecule has 0 aliphatic heterocycles. The molecule has 2 nitrogen and oxygen atoms in total. The lowest BCUT2D eigenvalue weighted by molar-refractivity contribution is 0.474. The van der Waals surface area contributed by atoms with Crippen molar-refractivity contribution >= 4 is 11.0 Å². The van der Waals surface area contributed by atoms with Crippen LogP contribution in [0.25, 0.3) is 11.0 Å². The highest BCUT2D eigenvalue weighted by atomic mass is 16.4. The third-order valence-electron chi connectivity index (χ3n) is 3.31. The normalized spacial score (nSPS) is 12.9. The van der Waals surface area contributed by atoms with Gasteiger partial charge in [-0.25, -0.2) is 4.79 Å². The van der Waals surface area contributed by atoms with Gasteiger partial charge in [0.15, 0.2) is 0 Å². The monoisotopic (exact) mass is 258 g/mol. The summed E-state index contributed by atoms with van der Waals surface area (Å²) in [5.74, 6) is 0. The fourth-order valence-electron chi connectivity index (χ4n) is 2.61. The summed E-state index contributed by atoms with van der Waals surface area (Å²) >= 11 is 0. The maximum atomic E-state index is 12.4. The molecule has 2 rings (SSSR count). The van der Waals surface area contributed by atoms with Crippen LogP contribution in [-0.4, -0.2) is 0 Å². The standard InChI is InChI=1S/C17H22O2/c1-16(2,3)13-11-9-7-8-10-12(11)19-15(18)14(13)17(4,5)6/h7-10H,1-6H3. The molecule has 2 aromatic rings. The minimum absolute atomic E-state index is 0.0991. The SMILES string of the molecule is CC(C)(C)c1c(C(C)(C)C)c2ccccc2oc1=O. The van der Waals surface area contributed by atoms with Gasteiger partial charge in [-0.1, -0.05) is 59.7 Å². The predicted molar refractivity (Wildman–Crippen MR) is 79.9 cm³/mol. The van der Waals surface area contributed by atoms with Gasteiger partial charge in [-0.2, -0.15) is 0 Å². The van der Waals surface area contributed by atoms with Gasteiger partial charge in [0, 0.05) is 10.9 Å². The van der Waals surface area contributed by atoms with Gasteiger partial charge < -0.3 is 4.42 Å². The zero-order chi connectivity index (χ0) is 14.4. The maximum absolute atomic E-state index is 12.4. The number of hydrogen-bond donors (Lipinski definition) is 0. The summed E-state index contributed by atoms with van der Waals surface area (Å²) < 4.78 is 5.50. The summed E-state index contributed by atoms with van der Waals surface area (Å²) in [6, 6.07) is 7.78. The van der Waals surface area contributed by atoms with E-state index < -0.39 is 0 Å². The quantitative estimate of drug-likeness (QED) is 0.656. The van der Waals surface area contributed by atoms with Gasteiger partial charge in [0.2, 0.25) is 0 Å². The Morgan fingerprint density at radius 2 is 1.37 bits per heavy atom. The molecule has 0 fully saturated rings. The molecule has 1 aromatic carbocycles. The smallest absolute Gasteiger partial charge is 0.340 e. The molecule has 0 aliphatic rings. The van der Waals surface area contributed by atoms with Crippen molar-refractivity contribution in [2.45, 2.75) is 52.4 Å². The van der Waals surface area contributed by atoms with E-state index in [1.807, 2.05) is 24.3 Å². The molecule has 19 heavy (non-hydrogen) atoms. The average molecular weight is 258 g/mol. The second kappa shape index (κ2) is 4.22. The lowest BCUT2D eigenvalue weighted by Gasteiger charge is -2.29. The van der Waals surface area contributed by atoms with Crippen molar-refractivity contribution in [1.29, 1.82) is 0 Å². The highest BCUT2D eigenvalue weighted by molar-refractivity contribution is 5.82. The minimum Gasteiger partial charge on any atom is -0.422 e. The van der Waals surface area contributed by atoms with Gasteiger partial charge >= 0.3 is 5.63 Å². The molecule has 0 bridgehead atoms. The Morgan fingerprint density at radius 3 is 1.89 bits per heavy atom. The summed E-state index contributed by atoms with van der Waals surface area (Å²) in [7, 11) is 0. The van der Waals surface area contributed by atoms with E-state index in [9.17, 15) is 4.79 Å². The van der Waals surface area contributed by atoms with E-state index in [-0.39, 0.29) is 16.5 Å². The number of benzene rings is 1. The van der Waals surface area contributed by atoms with Crippen LogP contribution in [0.4, 0.5) is 0 Å². The first-order chi connectivity index (χ1) is 8.62. The molecule has 0 amide bonds. The van der Waals surface area contributed by atoms with Crippen molar-refractivity contribution in [1.82, 2.24) is 0 Å². The predicted octanol–water partition coefficient (Wildman–Crippen LogP) is 4.39. The van der Waals surface area contributed by atoms with Crippen LogP contribution in [0.1, 0.15) is 52.7 Å². The fraction of sp³-hybridized carbons (Fsp3) is 0.471. The molecule has 0 radical (unpaired) electrons. The van der Waals surface area contributed by atoms with Crippen molar-refractivity contribution in [2.75, 3.05) is 0 Å². The Balaban J connectivity index is 3.04. The first-order valence-corrected chi connectivity index (χ1v) is 6.69. The molecule has 0 aliphatic carbocycles. The van der Waals surface area contributed by atoms with Crippen LogP contribution in [0.5, 0.6) is 0 Å². The summed E-state index contributed by atoms with van der Waals surface area (Å²) in [4.78, 5) is 12.4. The van der Waals surface area contributed by atoms with Gasteiger partial charge in [0.05, 0.1) is 0 Å². The Hall–Kier alpha value is -1.57. The van der Waals surface area contributed by atoms with E-state index in [0.717, 1.165) is 16.5 Å². The zero-order valence-corrected chi connectivity index (χ0v) is 12.6. The van der Waals surface area contributed by atoms with Crippen molar-refractivity contribution in [3.05, 3.63) is 45.8 Å². The van der Waals surface area contributed by atoms with Crippen LogP contribution in [0.2, 0.25) is 0 Å². The Morgan fingerprint density at radius 1 is 0.842 bits per heavy atom. The molecule has 0 N–H and O–H groups in total. The Bertz CT molecular complexity index is 664. The highest BCUT2D eigenvalue weighted by Gasteiger charge is 2.31. The molecule has 0 atom stereocenters. The van der Waals surface area contributed by atoms with Crippen LogP contribution in [0.15, 0.2) is 33.5 Å². The largest absolute Gasteiger partial charge is 0.422 e. The van der Waals surface area contributed by atoms with Crippen molar-refractivity contribution in [3.63, 3.8) is 0 Å². The molecular weight excluding hydrogens is 236 g/mol. The number of fused-ring (bicyclic) bond motifs is 1. The van der Waals surface area contributed by atoms with Crippen LogP contribution in [0, 0.1) is 0 Å². The van der Waals surface area contributed by atoms with E-state index in [4.69, 9.17) is 4.42 Å². The van der Waals surface area contributed by atoms with E-state index in [0.29, 0.717) is 5.58 Å². The zero-order valence-electron chi connectivity index (χ0n) is 12.6. The Kier molecular flexibility index (Phi) is 3.08. The first-order valence-electron chi connectivity index (χ1n) is 6.69. The third-order valence-corrected chi connectivity index (χ3v) is 3.31. The summed E-state index contributed by atoms with van der Waals surface area (Å²) in [6.45, 7) is 12.6. The number of hydrogen-bond acceptors (Lipinski definition) is 2. The lowest BCUT2D eigenvalue weighted by Crippen LogP contribution is -2.29.